The highest BCUT2D eigenvalue weighted by molar-refractivity contribution is 7.51. The van der Waals surface area contributed by atoms with Crippen LogP contribution in [0.3, 0.4) is 0 Å². The number of carbonyl (C=O) groups is 5. The molecule has 5 aliphatic carbocycles. The minimum atomic E-state index is -0.750. The minimum Gasteiger partial charge on any atom is -0.381 e. The van der Waals surface area contributed by atoms with Gasteiger partial charge >= 0.3 is 11.6 Å². The number of aromatic nitrogens is 10. The van der Waals surface area contributed by atoms with E-state index in [0.717, 1.165) is 282 Å². The molecule has 9 atom stereocenters. The number of pyridine rings is 5. The molecule has 35 heteroatoms. The maximum absolute atomic E-state index is 13.5. The highest BCUT2D eigenvalue weighted by atomic mass is 32.1. The lowest BCUT2D eigenvalue weighted by atomic mass is 9.91. The third-order valence-electron chi connectivity index (χ3n) is 31.2. The molecule has 5 saturated carbocycles. The van der Waals surface area contributed by atoms with Crippen LogP contribution in [0.1, 0.15) is 296 Å². The Balaban J connectivity index is 0.000000107. The third-order valence-corrected chi connectivity index (χ3v) is 36.6. The van der Waals surface area contributed by atoms with Gasteiger partial charge in [-0.25, -0.2) is 44.9 Å². The standard InChI is InChI=1S/2C22H26N4O2S.C22H27N3O2S.2C20H26N4OS.O2S/c1-11-20(29-13(3)23-11)18-6-15-8-25(12(2)14-4-5-14)22(27)19(15)21(24-18)26-9-17-7-16(26)10-28-17;1-11-20(29-13(3)23-11)18-6-15-8-26(12(2)14-4-5-14)22(27)19(15)21(24-18)25-9-16-7-17(10-25)28-16;1-12-21(28-14(3)23-12)18-10-17-11-25(13(2)15-4-5-15)22(26)19(17)20(24-18)16-6-8-27-9-7-16;2*1-5-8-21-19-17-15(10-24(20(17)25)12(3)14-6-7-14)9-16(23-19)18-11(2)22-13(4)26-18;1-3-2/h2*6,12,14,16-17H,4-5,7-10H2,1-3H3;10,13,15-16H,4-9,11H2,1-3H3;2*9,12,14H,5-8,10H2,1-4H3,(H,21,23);/t2*12-,16?,17?;13-;2*12-;/m00000./s1. The van der Waals surface area contributed by atoms with Gasteiger partial charge in [-0.1, -0.05) is 13.8 Å². The number of hydrogen-bond donors (Lipinski definition) is 2. The Labute approximate surface area is 850 Å². The number of rotatable bonds is 24. The first-order valence-corrected chi connectivity index (χ1v) is 55.9. The second-order valence-corrected chi connectivity index (χ2v) is 47.7. The zero-order chi connectivity index (χ0) is 98.7. The van der Waals surface area contributed by atoms with Crippen molar-refractivity contribution in [1.29, 1.82) is 0 Å². The van der Waals surface area contributed by atoms with Gasteiger partial charge in [0.2, 0.25) is 0 Å². The molecule has 141 heavy (non-hydrogen) atoms. The van der Waals surface area contributed by atoms with Crippen LogP contribution in [0.15, 0.2) is 30.3 Å². The Morgan fingerprint density at radius 2 is 0.674 bits per heavy atom. The van der Waals surface area contributed by atoms with E-state index in [0.29, 0.717) is 104 Å². The second-order valence-electron chi connectivity index (χ2n) is 41.6. The molecule has 5 amide bonds. The monoisotopic (exact) mass is 2020 g/mol. The zero-order valence-electron chi connectivity index (χ0n) is 84.2. The van der Waals surface area contributed by atoms with E-state index in [1.165, 1.54) is 64.2 Å². The lowest BCUT2D eigenvalue weighted by Crippen LogP contribution is -2.57. The molecular weight excluding hydrogens is 1890 g/mol. The molecule has 21 heterocycles. The Bertz CT molecular complexity index is 6390. The van der Waals surface area contributed by atoms with Gasteiger partial charge in [0.05, 0.1) is 171 Å². The summed E-state index contributed by atoms with van der Waals surface area (Å²) in [5.41, 5.74) is 20.5. The summed E-state index contributed by atoms with van der Waals surface area (Å²) in [6.45, 7) is 45.4. The van der Waals surface area contributed by atoms with Gasteiger partial charge in [-0.15, -0.1) is 56.7 Å². The Morgan fingerprint density at radius 3 is 0.979 bits per heavy atom. The average molecular weight is 2020 g/mol. The number of piperidine rings is 1. The number of anilines is 4. The fourth-order valence-corrected chi connectivity index (χ4v) is 27.1. The summed E-state index contributed by atoms with van der Waals surface area (Å²) >= 11 is 7.65. The topological polar surface area (TPSA) is 323 Å². The number of hydrogen-bond acceptors (Lipinski definition) is 29. The number of morpholine rings is 2. The molecule has 746 valence electrons. The van der Waals surface area contributed by atoms with Gasteiger partial charge in [0.25, 0.3) is 29.5 Å². The number of fused-ring (bicyclic) bond motifs is 9. The Kier molecular flexibility index (Phi) is 28.4. The molecule has 0 radical (unpaired) electrons. The molecule has 4 bridgehead atoms. The van der Waals surface area contributed by atoms with Crippen molar-refractivity contribution >= 4 is 121 Å². The Morgan fingerprint density at radius 1 is 0.376 bits per heavy atom. The van der Waals surface area contributed by atoms with E-state index >= 15 is 0 Å². The quantitative estimate of drug-likeness (QED) is 0.0567. The third kappa shape index (κ3) is 20.1. The highest BCUT2D eigenvalue weighted by Crippen LogP contribution is 2.51. The fraction of sp³-hybridized carbons (Fsp3) is 0.575. The predicted molar refractivity (Wildman–Crippen MR) is 555 cm³/mol. The molecule has 4 unspecified atom stereocenters. The molecule has 6 saturated heterocycles. The van der Waals surface area contributed by atoms with E-state index in [-0.39, 0.29) is 47.8 Å². The van der Waals surface area contributed by atoms with Gasteiger partial charge in [0.15, 0.2) is 0 Å². The van der Waals surface area contributed by atoms with Crippen molar-refractivity contribution in [1.82, 2.24) is 74.3 Å². The minimum absolute atomic E-state index is 0.134. The number of nitrogens with zero attached hydrogens (tertiary/aromatic N) is 17. The second kappa shape index (κ2) is 40.6. The number of nitrogens with one attached hydrogen (secondary N) is 2. The van der Waals surface area contributed by atoms with Gasteiger partial charge in [-0.05, 0) is 288 Å². The van der Waals surface area contributed by atoms with Crippen molar-refractivity contribution in [3.05, 3.63) is 145 Å². The van der Waals surface area contributed by atoms with Crippen molar-refractivity contribution in [2.24, 2.45) is 29.6 Å². The van der Waals surface area contributed by atoms with E-state index in [1.54, 1.807) is 56.7 Å². The molecule has 10 aromatic rings. The van der Waals surface area contributed by atoms with Crippen LogP contribution in [0.5, 0.6) is 0 Å². The van der Waals surface area contributed by atoms with Crippen LogP contribution >= 0.6 is 56.7 Å². The van der Waals surface area contributed by atoms with Crippen LogP contribution < -0.4 is 20.4 Å². The summed E-state index contributed by atoms with van der Waals surface area (Å²) in [7, 11) is 0. The first kappa shape index (κ1) is 98.5. The lowest BCUT2D eigenvalue weighted by Gasteiger charge is -2.47. The van der Waals surface area contributed by atoms with Crippen LogP contribution in [0, 0.1) is 98.8 Å². The molecule has 29 nitrogen and oxygen atoms in total. The van der Waals surface area contributed by atoms with Crippen LogP contribution in [-0.2, 0) is 58.5 Å². The van der Waals surface area contributed by atoms with Gasteiger partial charge in [0.1, 0.15) is 23.3 Å². The van der Waals surface area contributed by atoms with Crippen molar-refractivity contribution in [3.8, 4) is 52.9 Å². The summed E-state index contributed by atoms with van der Waals surface area (Å²) in [4.78, 5) is 135. The largest absolute Gasteiger partial charge is 0.381 e. The van der Waals surface area contributed by atoms with E-state index in [9.17, 15) is 24.0 Å². The van der Waals surface area contributed by atoms with Crippen molar-refractivity contribution < 1.29 is 46.6 Å². The first-order chi connectivity index (χ1) is 67.9. The molecule has 0 aromatic carbocycles. The van der Waals surface area contributed by atoms with Crippen LogP contribution in [-0.4, -0.2) is 219 Å². The van der Waals surface area contributed by atoms with Crippen LogP contribution in [0.25, 0.3) is 52.9 Å². The molecule has 26 rings (SSSR count). The molecule has 0 spiro atoms. The molecule has 11 fully saturated rings. The summed E-state index contributed by atoms with van der Waals surface area (Å²) in [5.74, 6) is 7.60. The number of thiazole rings is 5. The van der Waals surface area contributed by atoms with Crippen LogP contribution in [0.2, 0.25) is 0 Å². The van der Waals surface area contributed by atoms with E-state index in [1.807, 2.05) is 72.1 Å². The van der Waals surface area contributed by atoms with Gasteiger partial charge in [-0.3, -0.25) is 29.0 Å². The molecule has 16 aliphatic rings. The zero-order valence-corrected chi connectivity index (χ0v) is 89.1. The maximum Gasteiger partial charge on any atom is 0.335 e. The molecule has 2 N–H and O–H groups in total. The lowest BCUT2D eigenvalue weighted by molar-refractivity contribution is -0.133. The van der Waals surface area contributed by atoms with E-state index in [4.69, 9.17) is 47.5 Å². The highest BCUT2D eigenvalue weighted by Gasteiger charge is 2.50. The van der Waals surface area contributed by atoms with Crippen molar-refractivity contribution in [2.75, 3.05) is 73.0 Å². The van der Waals surface area contributed by atoms with Gasteiger partial charge in [0, 0.05) is 121 Å². The summed E-state index contributed by atoms with van der Waals surface area (Å²) in [5, 5.41) is 12.0. The average Bonchev–Trinajstić information content (AvgIpc) is 1.55. The predicted octanol–water partition coefficient (Wildman–Crippen LogP) is 19.7. The number of ether oxygens (including phenoxy) is 3. The van der Waals surface area contributed by atoms with Crippen LogP contribution in [0.4, 0.5) is 23.3 Å². The summed E-state index contributed by atoms with van der Waals surface area (Å²) < 4.78 is 33.8. The van der Waals surface area contributed by atoms with Crippen molar-refractivity contribution in [3.63, 3.8) is 0 Å². The van der Waals surface area contributed by atoms with Gasteiger partial charge < -0.3 is 59.1 Å². The molecular formula is C106H131N19O10S6. The number of amides is 5. The molecule has 10 aromatic heterocycles. The fourth-order valence-electron chi connectivity index (χ4n) is 22.7. The molecule has 11 aliphatic heterocycles. The first-order valence-electron chi connectivity index (χ1n) is 51.1. The van der Waals surface area contributed by atoms with Gasteiger partial charge in [-0.2, -0.15) is 8.42 Å². The smallest absolute Gasteiger partial charge is 0.335 e. The Hall–Kier alpha value is -9.85. The SMILES string of the molecule is CCCNc1nc(-c2sc(C)nc2C)cc2c1C(=O)N([C@@H](C)C1CC1)C2.CCCNc1nc(-c2sc(C)nc2C)cc2c1C(=O)N([C@@H](C)C1CC1)C2.Cc1nc(C)c(-c2cc3c(c(C4CCOCC4)n2)C(=O)N([C@@H](C)C2CC2)C3)s1.Cc1nc(C)c(-c2cc3c(c(N4CC5CC(C4)O5)n2)C(=O)N([C@@H](C)C2CC2)C3)s1.Cc1nc(C)c(-c2cc3c(c(N4CC5CC4CO5)n2)C(=O)N([C@@H](C)C2CC2)C3)s1.O=S=O. The van der Waals surface area contributed by atoms with E-state index < -0.39 is 11.6 Å². The summed E-state index contributed by atoms with van der Waals surface area (Å²) in [6.07, 6.45) is 19.3. The summed E-state index contributed by atoms with van der Waals surface area (Å²) in [6, 6.07) is 12.5. The number of carbonyl (C=O) groups excluding carboxylic acids is 5. The van der Waals surface area contributed by atoms with E-state index in [2.05, 4.69) is 146 Å². The maximum atomic E-state index is 13.5. The number of aryl methyl sites for hydroxylation is 10. The van der Waals surface area contributed by atoms with Crippen molar-refractivity contribution in [2.45, 2.75) is 314 Å². The normalized spacial score (nSPS) is 21.7.